The Labute approximate surface area is 140 Å². The number of rotatable bonds is 3. The van der Waals surface area contributed by atoms with Crippen molar-refractivity contribution in [3.63, 3.8) is 0 Å². The molecule has 0 spiro atoms. The highest BCUT2D eigenvalue weighted by atomic mass is 35.5. The number of imidazole rings is 1. The Morgan fingerprint density at radius 1 is 1.29 bits per heavy atom. The van der Waals surface area contributed by atoms with Crippen molar-refractivity contribution in [1.29, 1.82) is 0 Å². The van der Waals surface area contributed by atoms with Gasteiger partial charge >= 0.3 is 5.69 Å². The van der Waals surface area contributed by atoms with Crippen LogP contribution >= 0.6 is 11.6 Å². The first-order chi connectivity index (χ1) is 11.4. The normalized spacial score (nSPS) is 11.0. The number of fused-ring (bicyclic) bond motifs is 1. The van der Waals surface area contributed by atoms with Crippen LogP contribution < -0.4 is 16.6 Å². The molecule has 3 rings (SSSR count). The summed E-state index contributed by atoms with van der Waals surface area (Å²) in [5.74, 6) is -0.403. The average Bonchev–Trinajstić information content (AvgIpc) is 2.88. The second-order valence-electron chi connectivity index (χ2n) is 5.13. The zero-order valence-electron chi connectivity index (χ0n) is 12.9. The first-order valence-electron chi connectivity index (χ1n) is 6.91. The quantitative estimate of drug-likeness (QED) is 0.677. The molecular formula is C14H13ClN6O3. The lowest BCUT2D eigenvalue weighted by Gasteiger charge is -2.08. The average molecular weight is 349 g/mol. The van der Waals surface area contributed by atoms with Gasteiger partial charge in [-0.15, -0.1) is 0 Å². The highest BCUT2D eigenvalue weighted by Crippen LogP contribution is 2.15. The molecule has 24 heavy (non-hydrogen) atoms. The fourth-order valence-corrected chi connectivity index (χ4v) is 2.57. The van der Waals surface area contributed by atoms with Crippen molar-refractivity contribution in [2.45, 2.75) is 6.54 Å². The van der Waals surface area contributed by atoms with Crippen molar-refractivity contribution in [1.82, 2.24) is 23.7 Å². The topological polar surface area (TPSA) is 104 Å². The Hall–Kier alpha value is -2.94. The minimum absolute atomic E-state index is 0.0513. The number of halogens is 1. The Kier molecular flexibility index (Phi) is 3.94. The molecule has 0 aromatic carbocycles. The molecule has 3 heterocycles. The fourth-order valence-electron chi connectivity index (χ4n) is 2.35. The summed E-state index contributed by atoms with van der Waals surface area (Å²) < 4.78 is 3.42. The highest BCUT2D eigenvalue weighted by molar-refractivity contribution is 6.29. The molecule has 0 bridgehead atoms. The van der Waals surface area contributed by atoms with Crippen molar-refractivity contribution >= 4 is 34.4 Å². The maximum atomic E-state index is 12.4. The maximum absolute atomic E-state index is 12.4. The van der Waals surface area contributed by atoms with E-state index in [2.05, 4.69) is 15.3 Å². The van der Waals surface area contributed by atoms with Gasteiger partial charge in [0, 0.05) is 20.3 Å². The number of hydrogen-bond acceptors (Lipinski definition) is 5. The summed E-state index contributed by atoms with van der Waals surface area (Å²) in [6.07, 6.45) is 3.08. The fraction of sp³-hybridized carbons (Fsp3) is 0.214. The third-order valence-corrected chi connectivity index (χ3v) is 3.84. The number of hydrogen-bond donors (Lipinski definition) is 1. The molecule has 0 aliphatic heterocycles. The smallest absolute Gasteiger partial charge is 0.323 e. The minimum Gasteiger partial charge on any atom is -0.323 e. The van der Waals surface area contributed by atoms with E-state index in [4.69, 9.17) is 11.6 Å². The van der Waals surface area contributed by atoms with Gasteiger partial charge in [0.1, 0.15) is 6.54 Å². The first kappa shape index (κ1) is 15.9. The van der Waals surface area contributed by atoms with Gasteiger partial charge in [0.15, 0.2) is 11.2 Å². The number of nitrogens with zero attached hydrogens (tertiary/aromatic N) is 5. The molecule has 3 aromatic heterocycles. The van der Waals surface area contributed by atoms with Crippen molar-refractivity contribution in [3.8, 4) is 0 Å². The van der Waals surface area contributed by atoms with E-state index in [0.717, 1.165) is 4.57 Å². The summed E-state index contributed by atoms with van der Waals surface area (Å²) in [5.41, 5.74) is -0.355. The first-order valence-corrected chi connectivity index (χ1v) is 7.29. The number of pyridine rings is 1. The monoisotopic (exact) mass is 348 g/mol. The molecular weight excluding hydrogens is 336 g/mol. The van der Waals surface area contributed by atoms with Crippen LogP contribution in [0, 0.1) is 0 Å². The van der Waals surface area contributed by atoms with Gasteiger partial charge < -0.3 is 5.32 Å². The van der Waals surface area contributed by atoms with Gasteiger partial charge in [0.05, 0.1) is 11.9 Å². The molecule has 124 valence electrons. The number of aryl methyl sites for hydroxylation is 1. The molecule has 0 radical (unpaired) electrons. The van der Waals surface area contributed by atoms with E-state index < -0.39 is 17.2 Å². The van der Waals surface area contributed by atoms with Crippen LogP contribution in [0.3, 0.4) is 0 Å². The van der Waals surface area contributed by atoms with Gasteiger partial charge in [-0.2, -0.15) is 4.98 Å². The van der Waals surface area contributed by atoms with E-state index in [1.165, 1.54) is 29.4 Å². The highest BCUT2D eigenvalue weighted by Gasteiger charge is 2.19. The van der Waals surface area contributed by atoms with Crippen LogP contribution in [-0.4, -0.2) is 29.6 Å². The summed E-state index contributed by atoms with van der Waals surface area (Å²) in [6, 6.07) is 3.36. The van der Waals surface area contributed by atoms with Crippen LogP contribution in [0.15, 0.2) is 34.1 Å². The van der Waals surface area contributed by atoms with Crippen molar-refractivity contribution in [3.05, 3.63) is 50.6 Å². The van der Waals surface area contributed by atoms with Gasteiger partial charge in [-0.1, -0.05) is 0 Å². The molecule has 0 fully saturated rings. The lowest BCUT2D eigenvalue weighted by atomic mass is 10.4. The molecule has 10 heteroatoms. The molecule has 1 amide bonds. The molecule has 0 unspecified atom stereocenters. The van der Waals surface area contributed by atoms with E-state index in [-0.39, 0.29) is 23.0 Å². The van der Waals surface area contributed by atoms with E-state index >= 15 is 0 Å². The predicted molar refractivity (Wildman–Crippen MR) is 88.1 cm³/mol. The Bertz CT molecular complexity index is 1050. The maximum Gasteiger partial charge on any atom is 0.332 e. The molecule has 0 atom stereocenters. The third-order valence-electron chi connectivity index (χ3n) is 3.55. The number of aromatic nitrogens is 5. The Balaban J connectivity index is 2.04. The Morgan fingerprint density at radius 2 is 2.04 bits per heavy atom. The molecule has 0 saturated heterocycles. The van der Waals surface area contributed by atoms with E-state index in [0.29, 0.717) is 5.69 Å². The number of carbonyl (C=O) groups is 1. The lowest BCUT2D eigenvalue weighted by Crippen LogP contribution is -2.37. The van der Waals surface area contributed by atoms with Crippen molar-refractivity contribution in [2.24, 2.45) is 14.1 Å². The van der Waals surface area contributed by atoms with Gasteiger partial charge in [-0.25, -0.2) is 4.79 Å². The molecule has 9 nitrogen and oxygen atoms in total. The van der Waals surface area contributed by atoms with Crippen LogP contribution in [0.2, 0.25) is 5.28 Å². The van der Waals surface area contributed by atoms with Crippen LogP contribution in [0.5, 0.6) is 0 Å². The molecule has 3 aromatic rings. The molecule has 1 N–H and O–H groups in total. The SMILES string of the molecule is Cn1c(=O)c2c(nc(Cl)n2CC(=O)Nc2cccnc2)n(C)c1=O. The van der Waals surface area contributed by atoms with Crippen molar-refractivity contribution < 1.29 is 4.79 Å². The summed E-state index contributed by atoms with van der Waals surface area (Å²) in [6.45, 7) is -0.225. The zero-order chi connectivity index (χ0) is 17.4. The zero-order valence-corrected chi connectivity index (χ0v) is 13.6. The summed E-state index contributed by atoms with van der Waals surface area (Å²) in [7, 11) is 2.83. The van der Waals surface area contributed by atoms with Crippen LogP contribution in [0.4, 0.5) is 5.69 Å². The van der Waals surface area contributed by atoms with Crippen molar-refractivity contribution in [2.75, 3.05) is 5.32 Å². The number of carbonyl (C=O) groups excluding carboxylic acids is 1. The van der Waals surface area contributed by atoms with Gasteiger partial charge in [-0.05, 0) is 23.7 Å². The standard InChI is InChI=1S/C14H13ClN6O3/c1-19-11-10(12(23)20(2)14(19)24)21(13(15)18-11)7-9(22)17-8-4-3-5-16-6-8/h3-6H,7H2,1-2H3,(H,17,22). The van der Waals surface area contributed by atoms with Gasteiger partial charge in [0.2, 0.25) is 11.2 Å². The Morgan fingerprint density at radius 3 is 2.71 bits per heavy atom. The summed E-state index contributed by atoms with van der Waals surface area (Å²) >= 11 is 6.06. The third kappa shape index (κ3) is 2.58. The minimum atomic E-state index is -0.568. The molecule has 0 aliphatic rings. The van der Waals surface area contributed by atoms with Crippen LogP contribution in [-0.2, 0) is 25.4 Å². The van der Waals surface area contributed by atoms with E-state index in [1.807, 2.05) is 0 Å². The van der Waals surface area contributed by atoms with E-state index in [9.17, 15) is 14.4 Å². The van der Waals surface area contributed by atoms with Gasteiger partial charge in [-0.3, -0.25) is 28.3 Å². The number of nitrogens with one attached hydrogen (secondary N) is 1. The lowest BCUT2D eigenvalue weighted by molar-refractivity contribution is -0.116. The second kappa shape index (κ2) is 5.93. The summed E-state index contributed by atoms with van der Waals surface area (Å²) in [5, 5.41) is 2.59. The largest absolute Gasteiger partial charge is 0.332 e. The molecule has 0 aliphatic carbocycles. The van der Waals surface area contributed by atoms with E-state index in [1.54, 1.807) is 18.3 Å². The second-order valence-corrected chi connectivity index (χ2v) is 5.47. The summed E-state index contributed by atoms with van der Waals surface area (Å²) in [4.78, 5) is 44.4. The molecule has 0 saturated carbocycles. The number of amides is 1. The number of anilines is 1. The van der Waals surface area contributed by atoms with Gasteiger partial charge in [0.25, 0.3) is 5.56 Å². The van der Waals surface area contributed by atoms with Crippen LogP contribution in [0.25, 0.3) is 11.2 Å². The predicted octanol–water partition coefficient (Wildman–Crippen LogP) is 0.121. The van der Waals surface area contributed by atoms with Crippen LogP contribution in [0.1, 0.15) is 0 Å².